The van der Waals surface area contributed by atoms with Gasteiger partial charge in [-0.05, 0) is 48.2 Å². The van der Waals surface area contributed by atoms with E-state index >= 15 is 0 Å². The number of Topliss-reactive ketones (excluding diaryl/α,β-unsaturated/α-hetero) is 1. The van der Waals surface area contributed by atoms with Gasteiger partial charge in [0.25, 0.3) is 5.91 Å². The van der Waals surface area contributed by atoms with Gasteiger partial charge in [-0.15, -0.1) is 0 Å². The molecule has 1 amide bonds. The van der Waals surface area contributed by atoms with Crippen LogP contribution in [0.25, 0.3) is 22.3 Å². The SMILES string of the molecule is CC(=O)c1cccc(NC(=O)COc2c(-c3ccc(C(C)(C)C)cc3)oc3ccc(Cl)cc3c2=O)c1. The number of halogens is 1. The molecular formula is C29H26ClNO5. The standard InChI is InChI=1S/C29H26ClNO5/c1-17(32)19-6-5-7-22(14-19)31-25(33)16-35-28-26(34)23-15-21(30)12-13-24(23)36-27(28)18-8-10-20(11-9-18)29(2,3)4/h5-15H,16H2,1-4H3,(H,31,33). The number of benzene rings is 3. The third-order valence-electron chi connectivity index (χ3n) is 5.72. The summed E-state index contributed by atoms with van der Waals surface area (Å²) in [5.74, 6) is -0.463. The van der Waals surface area contributed by atoms with Gasteiger partial charge in [-0.2, -0.15) is 0 Å². The molecule has 0 fully saturated rings. The number of ketones is 1. The highest BCUT2D eigenvalue weighted by molar-refractivity contribution is 6.31. The predicted octanol–water partition coefficient (Wildman–Crippen LogP) is 6.63. The van der Waals surface area contributed by atoms with Crippen molar-refractivity contribution in [2.24, 2.45) is 0 Å². The Hall–Kier alpha value is -3.90. The number of rotatable bonds is 6. The molecule has 0 bridgehead atoms. The van der Waals surface area contributed by atoms with E-state index in [9.17, 15) is 14.4 Å². The van der Waals surface area contributed by atoms with Crippen LogP contribution in [-0.4, -0.2) is 18.3 Å². The number of hydrogen-bond donors (Lipinski definition) is 1. The molecule has 36 heavy (non-hydrogen) atoms. The first-order valence-electron chi connectivity index (χ1n) is 11.4. The molecule has 0 radical (unpaired) electrons. The molecule has 0 atom stereocenters. The molecule has 6 nitrogen and oxygen atoms in total. The minimum Gasteiger partial charge on any atom is -0.476 e. The highest BCUT2D eigenvalue weighted by Crippen LogP contribution is 2.33. The lowest BCUT2D eigenvalue weighted by atomic mass is 9.86. The summed E-state index contributed by atoms with van der Waals surface area (Å²) in [5, 5.41) is 3.32. The third kappa shape index (κ3) is 5.50. The van der Waals surface area contributed by atoms with Crippen LogP contribution < -0.4 is 15.5 Å². The lowest BCUT2D eigenvalue weighted by Gasteiger charge is -2.19. The van der Waals surface area contributed by atoms with Crippen LogP contribution in [0.5, 0.6) is 5.75 Å². The molecule has 0 saturated carbocycles. The average molecular weight is 504 g/mol. The van der Waals surface area contributed by atoms with Crippen molar-refractivity contribution < 1.29 is 18.7 Å². The van der Waals surface area contributed by atoms with Gasteiger partial charge in [0.1, 0.15) is 5.58 Å². The third-order valence-corrected chi connectivity index (χ3v) is 5.96. The summed E-state index contributed by atoms with van der Waals surface area (Å²) >= 11 is 6.10. The maximum absolute atomic E-state index is 13.4. The number of ether oxygens (including phenoxy) is 1. The van der Waals surface area contributed by atoms with Crippen LogP contribution in [-0.2, 0) is 10.2 Å². The Morgan fingerprint density at radius 2 is 1.72 bits per heavy atom. The van der Waals surface area contributed by atoms with Crippen molar-refractivity contribution in [1.82, 2.24) is 0 Å². The molecule has 0 aliphatic rings. The molecule has 4 aromatic rings. The first kappa shape index (κ1) is 25.2. The fraction of sp³-hybridized carbons (Fsp3) is 0.207. The Kier molecular flexibility index (Phi) is 7.00. The van der Waals surface area contributed by atoms with Gasteiger partial charge in [0.2, 0.25) is 11.2 Å². The van der Waals surface area contributed by atoms with Gasteiger partial charge in [0.05, 0.1) is 5.39 Å². The second-order valence-electron chi connectivity index (χ2n) is 9.53. The highest BCUT2D eigenvalue weighted by Gasteiger charge is 2.20. The normalized spacial score (nSPS) is 11.4. The monoisotopic (exact) mass is 503 g/mol. The summed E-state index contributed by atoms with van der Waals surface area (Å²) in [7, 11) is 0. The molecule has 0 unspecified atom stereocenters. The van der Waals surface area contributed by atoms with Gasteiger partial charge >= 0.3 is 0 Å². The molecule has 184 valence electrons. The van der Waals surface area contributed by atoms with E-state index in [1.54, 1.807) is 36.4 Å². The number of carbonyl (C=O) groups excluding carboxylic acids is 2. The summed E-state index contributed by atoms with van der Waals surface area (Å²) in [6.07, 6.45) is 0. The van der Waals surface area contributed by atoms with Crippen molar-refractivity contribution in [2.75, 3.05) is 11.9 Å². The maximum atomic E-state index is 13.4. The zero-order valence-corrected chi connectivity index (χ0v) is 21.2. The quantitative estimate of drug-likeness (QED) is 0.298. The van der Waals surface area contributed by atoms with Crippen molar-refractivity contribution in [2.45, 2.75) is 33.1 Å². The Morgan fingerprint density at radius 3 is 2.39 bits per heavy atom. The van der Waals surface area contributed by atoms with E-state index in [4.69, 9.17) is 20.8 Å². The van der Waals surface area contributed by atoms with Crippen LogP contribution in [0.1, 0.15) is 43.6 Å². The summed E-state index contributed by atoms with van der Waals surface area (Å²) < 4.78 is 11.8. The zero-order valence-electron chi connectivity index (χ0n) is 20.5. The van der Waals surface area contributed by atoms with E-state index in [0.29, 0.717) is 27.4 Å². The highest BCUT2D eigenvalue weighted by atomic mass is 35.5. The lowest BCUT2D eigenvalue weighted by Crippen LogP contribution is -2.22. The van der Waals surface area contributed by atoms with Crippen LogP contribution in [0.4, 0.5) is 5.69 Å². The van der Waals surface area contributed by atoms with Crippen LogP contribution in [0.15, 0.2) is 75.9 Å². The number of carbonyl (C=O) groups is 2. The van der Waals surface area contributed by atoms with E-state index in [1.807, 2.05) is 24.3 Å². The van der Waals surface area contributed by atoms with E-state index < -0.39 is 17.9 Å². The van der Waals surface area contributed by atoms with E-state index in [0.717, 1.165) is 5.56 Å². The Balaban J connectivity index is 1.68. The summed E-state index contributed by atoms with van der Waals surface area (Å²) in [4.78, 5) is 37.6. The largest absolute Gasteiger partial charge is 0.476 e. The lowest BCUT2D eigenvalue weighted by molar-refractivity contribution is -0.118. The minimum atomic E-state index is -0.490. The topological polar surface area (TPSA) is 85.6 Å². The molecule has 0 aliphatic heterocycles. The van der Waals surface area contributed by atoms with E-state index in [-0.39, 0.29) is 28.1 Å². The molecule has 4 rings (SSSR count). The van der Waals surface area contributed by atoms with Gasteiger partial charge in [-0.1, -0.05) is 68.8 Å². The summed E-state index contributed by atoms with van der Waals surface area (Å²) in [5.41, 5.74) is 2.57. The number of hydrogen-bond acceptors (Lipinski definition) is 5. The zero-order chi connectivity index (χ0) is 26.0. The van der Waals surface area contributed by atoms with Crippen LogP contribution in [0.3, 0.4) is 0 Å². The molecule has 3 aromatic carbocycles. The van der Waals surface area contributed by atoms with Gasteiger partial charge in [0.15, 0.2) is 18.2 Å². The van der Waals surface area contributed by atoms with Crippen molar-refractivity contribution in [1.29, 1.82) is 0 Å². The molecule has 7 heteroatoms. The van der Waals surface area contributed by atoms with Gasteiger partial charge in [-0.25, -0.2) is 0 Å². The molecule has 1 N–H and O–H groups in total. The number of nitrogens with one attached hydrogen (secondary N) is 1. The second-order valence-corrected chi connectivity index (χ2v) is 9.97. The van der Waals surface area contributed by atoms with Crippen molar-refractivity contribution in [3.63, 3.8) is 0 Å². The van der Waals surface area contributed by atoms with Crippen molar-refractivity contribution >= 4 is 39.9 Å². The van der Waals surface area contributed by atoms with Crippen LogP contribution >= 0.6 is 11.6 Å². The van der Waals surface area contributed by atoms with E-state index in [1.165, 1.54) is 13.0 Å². The second kappa shape index (κ2) is 9.99. The van der Waals surface area contributed by atoms with Crippen molar-refractivity contribution in [3.05, 3.63) is 93.1 Å². The van der Waals surface area contributed by atoms with Crippen LogP contribution in [0, 0.1) is 0 Å². The first-order chi connectivity index (χ1) is 17.0. The Morgan fingerprint density at radius 1 is 1.00 bits per heavy atom. The predicted molar refractivity (Wildman–Crippen MR) is 142 cm³/mol. The van der Waals surface area contributed by atoms with Gasteiger partial charge < -0.3 is 14.5 Å². The van der Waals surface area contributed by atoms with Gasteiger partial charge in [0, 0.05) is 21.8 Å². The number of fused-ring (bicyclic) bond motifs is 1. The molecule has 0 spiro atoms. The minimum absolute atomic E-state index is 0.0450. The number of amides is 1. The maximum Gasteiger partial charge on any atom is 0.262 e. The smallest absolute Gasteiger partial charge is 0.262 e. The molecular weight excluding hydrogens is 478 g/mol. The van der Waals surface area contributed by atoms with E-state index in [2.05, 4.69) is 26.1 Å². The van der Waals surface area contributed by atoms with Crippen molar-refractivity contribution in [3.8, 4) is 17.1 Å². The Bertz CT molecular complexity index is 1510. The summed E-state index contributed by atoms with van der Waals surface area (Å²) in [6, 6.07) is 19.0. The summed E-state index contributed by atoms with van der Waals surface area (Å²) in [6.45, 7) is 7.35. The molecule has 1 aromatic heterocycles. The fourth-order valence-electron chi connectivity index (χ4n) is 3.74. The Labute approximate surface area is 213 Å². The van der Waals surface area contributed by atoms with Crippen LogP contribution in [0.2, 0.25) is 5.02 Å². The number of anilines is 1. The molecule has 0 saturated heterocycles. The fourth-order valence-corrected chi connectivity index (χ4v) is 3.92. The molecule has 0 aliphatic carbocycles. The first-order valence-corrected chi connectivity index (χ1v) is 11.8. The molecule has 1 heterocycles. The average Bonchev–Trinajstić information content (AvgIpc) is 2.83. The van der Waals surface area contributed by atoms with Gasteiger partial charge in [-0.3, -0.25) is 14.4 Å².